The second-order valence-electron chi connectivity index (χ2n) is 8.87. The molecule has 0 saturated carbocycles. The number of carbonyl (C=O) groups excluding carboxylic acids is 3. The molecular formula is C26H28N4O5. The first kappa shape index (κ1) is 24.2. The summed E-state index contributed by atoms with van der Waals surface area (Å²) < 4.78 is 6.40. The first-order valence-corrected chi connectivity index (χ1v) is 11.4. The maximum Gasteiger partial charge on any atom is 0.337 e. The predicted molar refractivity (Wildman–Crippen MR) is 126 cm³/mol. The number of benzene rings is 1. The van der Waals surface area contributed by atoms with Gasteiger partial charge in [0.25, 0.3) is 5.91 Å². The molecule has 35 heavy (non-hydrogen) atoms. The van der Waals surface area contributed by atoms with Crippen molar-refractivity contribution in [3.63, 3.8) is 0 Å². The highest BCUT2D eigenvalue weighted by Gasteiger charge is 2.44. The topological polar surface area (TPSA) is 108 Å². The average Bonchev–Trinajstić information content (AvgIpc) is 3.31. The van der Waals surface area contributed by atoms with Crippen molar-refractivity contribution in [2.75, 3.05) is 34.3 Å². The molecule has 4 rings (SSSR count). The molecule has 1 saturated heterocycles. The number of imidazole rings is 1. The lowest BCUT2D eigenvalue weighted by Gasteiger charge is -2.27. The zero-order valence-corrected chi connectivity index (χ0v) is 20.2. The Bertz CT molecular complexity index is 1320. The van der Waals surface area contributed by atoms with E-state index in [1.807, 2.05) is 20.2 Å². The highest BCUT2D eigenvalue weighted by molar-refractivity contribution is 6.46. The molecule has 1 aliphatic rings. The summed E-state index contributed by atoms with van der Waals surface area (Å²) in [7, 11) is 5.31. The molecule has 0 aliphatic carbocycles. The molecule has 1 aliphatic heterocycles. The summed E-state index contributed by atoms with van der Waals surface area (Å²) in [5.41, 5.74) is 2.11. The first-order valence-electron chi connectivity index (χ1n) is 11.4. The lowest BCUT2D eigenvalue weighted by molar-refractivity contribution is -0.858. The molecule has 9 heteroatoms. The van der Waals surface area contributed by atoms with Crippen LogP contribution in [0.5, 0.6) is 0 Å². The van der Waals surface area contributed by atoms with E-state index >= 15 is 0 Å². The Morgan fingerprint density at radius 3 is 2.51 bits per heavy atom. The maximum atomic E-state index is 13.9. The smallest absolute Gasteiger partial charge is 0.337 e. The molecule has 1 aromatic carbocycles. The van der Waals surface area contributed by atoms with Gasteiger partial charge < -0.3 is 24.0 Å². The lowest BCUT2D eigenvalue weighted by atomic mass is 9.95. The number of pyridine rings is 1. The molecule has 1 unspecified atom stereocenters. The molecule has 0 bridgehead atoms. The van der Waals surface area contributed by atoms with Crippen LogP contribution < -0.4 is 10.0 Å². The number of Topliss-reactive ketones (excluding diaryl/α,β-unsaturated/α-hetero) is 1. The van der Waals surface area contributed by atoms with Gasteiger partial charge in [0, 0.05) is 24.7 Å². The van der Waals surface area contributed by atoms with E-state index in [2.05, 4.69) is 4.98 Å². The number of ether oxygens (including phenoxy) is 1. The third-order valence-electron chi connectivity index (χ3n) is 6.17. The molecule has 3 heterocycles. The molecule has 1 atom stereocenters. The van der Waals surface area contributed by atoms with Crippen LogP contribution in [-0.2, 0) is 14.3 Å². The van der Waals surface area contributed by atoms with Crippen molar-refractivity contribution in [2.24, 2.45) is 0 Å². The van der Waals surface area contributed by atoms with E-state index < -0.39 is 29.5 Å². The number of rotatable bonds is 7. The maximum absolute atomic E-state index is 13.9. The standard InChI is InChI=1S/C26H28N4O5/c1-16-21(29-14-6-5-8-19(29)27-16)23(31)20-22(17-9-11-18(12-10-17)26(34)35-4)30(25(33)24(20)32)15-7-13-28(2)3/h5-6,8-12,14,22,31H,7,13,15H2,1-4H3/b23-20+. The Morgan fingerprint density at radius 2 is 1.86 bits per heavy atom. The summed E-state index contributed by atoms with van der Waals surface area (Å²) in [6.07, 6.45) is 2.37. The fourth-order valence-corrected chi connectivity index (χ4v) is 4.48. The minimum atomic E-state index is -0.861. The number of aryl methyl sites for hydroxylation is 1. The van der Waals surface area contributed by atoms with E-state index in [1.165, 1.54) is 16.9 Å². The Balaban J connectivity index is 1.86. The van der Waals surface area contributed by atoms with Crippen molar-refractivity contribution < 1.29 is 29.1 Å². The van der Waals surface area contributed by atoms with E-state index in [4.69, 9.17) is 4.74 Å². The monoisotopic (exact) mass is 476 g/mol. The van der Waals surface area contributed by atoms with Crippen LogP contribution in [-0.4, -0.2) is 66.2 Å². The highest BCUT2D eigenvalue weighted by Crippen LogP contribution is 2.39. The fraction of sp³-hybridized carbons (Fsp3) is 0.308. The molecule has 3 aromatic rings. The van der Waals surface area contributed by atoms with Gasteiger partial charge in [0.15, 0.2) is 0 Å². The van der Waals surface area contributed by atoms with Gasteiger partial charge in [0.05, 0.1) is 50.7 Å². The zero-order valence-electron chi connectivity index (χ0n) is 20.2. The van der Waals surface area contributed by atoms with Crippen LogP contribution in [0.2, 0.25) is 0 Å². The number of nitrogens with zero attached hydrogens (tertiary/aromatic N) is 3. The van der Waals surface area contributed by atoms with Crippen molar-refractivity contribution in [1.82, 2.24) is 14.3 Å². The fourth-order valence-electron chi connectivity index (χ4n) is 4.48. The van der Waals surface area contributed by atoms with Gasteiger partial charge in [-0.25, -0.2) is 9.78 Å². The first-order chi connectivity index (χ1) is 16.7. The number of methoxy groups -OCH3 is 1. The third kappa shape index (κ3) is 4.42. The molecule has 1 fully saturated rings. The van der Waals surface area contributed by atoms with Crippen LogP contribution in [0, 0.1) is 6.92 Å². The number of esters is 1. The Labute approximate surface area is 203 Å². The Hall–Kier alpha value is -3.98. The van der Waals surface area contributed by atoms with Crippen LogP contribution >= 0.6 is 0 Å². The molecule has 182 valence electrons. The van der Waals surface area contributed by atoms with E-state index in [9.17, 15) is 19.5 Å². The number of aromatic nitrogens is 2. The van der Waals surface area contributed by atoms with Crippen LogP contribution in [0.3, 0.4) is 0 Å². The highest BCUT2D eigenvalue weighted by atomic mass is 16.5. The number of ketones is 1. The van der Waals surface area contributed by atoms with Gasteiger partial charge in [-0.1, -0.05) is 24.0 Å². The second kappa shape index (κ2) is 9.71. The number of hydrogen-bond acceptors (Lipinski definition) is 6. The average molecular weight is 477 g/mol. The van der Waals surface area contributed by atoms with Gasteiger partial charge in [-0.2, -0.15) is 0 Å². The van der Waals surface area contributed by atoms with Crippen molar-refractivity contribution in [2.45, 2.75) is 19.4 Å². The Morgan fingerprint density at radius 1 is 1.14 bits per heavy atom. The lowest BCUT2D eigenvalue weighted by Crippen LogP contribution is -3.05. The quantitative estimate of drug-likeness (QED) is 0.226. The van der Waals surface area contributed by atoms with Gasteiger partial charge >= 0.3 is 5.97 Å². The SMILES string of the molecule is COC(=O)c1ccc(C2/C(=C(\[O-])c3c(C)nc4ccccn34)C(=O)C(=O)N2CCC[NH+](C)C)cc1. The largest absolute Gasteiger partial charge is 0.871 e. The summed E-state index contributed by atoms with van der Waals surface area (Å²) in [4.78, 5) is 45.4. The van der Waals surface area contributed by atoms with Gasteiger partial charge in [-0.3, -0.25) is 9.59 Å². The van der Waals surface area contributed by atoms with Crippen LogP contribution in [0.1, 0.15) is 39.8 Å². The van der Waals surface area contributed by atoms with Gasteiger partial charge in [0.1, 0.15) is 5.65 Å². The van der Waals surface area contributed by atoms with Crippen LogP contribution in [0.25, 0.3) is 11.4 Å². The van der Waals surface area contributed by atoms with Crippen LogP contribution in [0.4, 0.5) is 0 Å². The summed E-state index contributed by atoms with van der Waals surface area (Å²) in [5, 5.41) is 13.9. The summed E-state index contributed by atoms with van der Waals surface area (Å²) in [5.74, 6) is -2.53. The molecule has 0 spiro atoms. The minimum Gasteiger partial charge on any atom is -0.871 e. The number of amides is 1. The summed E-state index contributed by atoms with van der Waals surface area (Å²) in [6.45, 7) is 2.82. The second-order valence-corrected chi connectivity index (χ2v) is 8.87. The molecule has 1 amide bonds. The van der Waals surface area contributed by atoms with Crippen molar-refractivity contribution in [3.05, 3.63) is 76.7 Å². The predicted octanol–water partition coefficient (Wildman–Crippen LogP) is 0.188. The van der Waals surface area contributed by atoms with Crippen LogP contribution in [0.15, 0.2) is 54.2 Å². The molecule has 0 radical (unpaired) electrons. The molecule has 1 N–H and O–H groups in total. The Kier molecular flexibility index (Phi) is 6.70. The van der Waals surface area contributed by atoms with Gasteiger partial charge in [0.2, 0.25) is 5.78 Å². The number of likely N-dealkylation sites (tertiary alicyclic amines) is 1. The van der Waals surface area contributed by atoms with Crippen molar-refractivity contribution >= 4 is 29.1 Å². The van der Waals surface area contributed by atoms with Gasteiger partial charge in [-0.15, -0.1) is 0 Å². The normalized spacial score (nSPS) is 17.5. The number of nitrogens with one attached hydrogen (secondary N) is 1. The summed E-state index contributed by atoms with van der Waals surface area (Å²) >= 11 is 0. The minimum absolute atomic E-state index is 0.105. The van der Waals surface area contributed by atoms with E-state index in [-0.39, 0.29) is 11.3 Å². The van der Waals surface area contributed by atoms with E-state index in [0.717, 1.165) is 6.54 Å². The number of carbonyl (C=O) groups is 3. The van der Waals surface area contributed by atoms with E-state index in [0.29, 0.717) is 35.4 Å². The number of fused-ring (bicyclic) bond motifs is 1. The zero-order chi connectivity index (χ0) is 25.3. The number of hydrogen-bond donors (Lipinski definition) is 1. The van der Waals surface area contributed by atoms with Crippen molar-refractivity contribution in [3.8, 4) is 0 Å². The molecular weight excluding hydrogens is 448 g/mol. The summed E-state index contributed by atoms with van der Waals surface area (Å²) in [6, 6.07) is 10.9. The number of quaternary nitrogens is 1. The van der Waals surface area contributed by atoms with Gasteiger partial charge in [-0.05, 0) is 36.8 Å². The molecule has 2 aromatic heterocycles. The third-order valence-corrected chi connectivity index (χ3v) is 6.17. The van der Waals surface area contributed by atoms with Crippen molar-refractivity contribution in [1.29, 1.82) is 0 Å². The molecule has 9 nitrogen and oxygen atoms in total. The van der Waals surface area contributed by atoms with E-state index in [1.54, 1.807) is 53.9 Å².